The van der Waals surface area contributed by atoms with Gasteiger partial charge in [0.05, 0.1) is 17.8 Å². The Labute approximate surface area is 205 Å². The van der Waals surface area contributed by atoms with Crippen LogP contribution in [0.3, 0.4) is 0 Å². The smallest absolute Gasteiger partial charge is 0.350 e. The van der Waals surface area contributed by atoms with Crippen molar-refractivity contribution < 1.29 is 10.2 Å². The number of anilines is 2. The minimum atomic E-state index is -0.645. The van der Waals surface area contributed by atoms with E-state index in [0.717, 1.165) is 43.2 Å². The Hall–Kier alpha value is -2.68. The molecule has 0 saturated carbocycles. The number of aromatic nitrogens is 3. The molecule has 0 bridgehead atoms. The monoisotopic (exact) mass is 495 g/mol. The highest BCUT2D eigenvalue weighted by Gasteiger charge is 2.21. The fourth-order valence-electron chi connectivity index (χ4n) is 4.15. The second kappa shape index (κ2) is 11.4. The summed E-state index contributed by atoms with van der Waals surface area (Å²) in [5.41, 5.74) is 2.74. The molecule has 10 heteroatoms. The van der Waals surface area contributed by atoms with E-state index in [0.29, 0.717) is 6.42 Å². The van der Waals surface area contributed by atoms with Gasteiger partial charge in [0.15, 0.2) is 0 Å². The van der Waals surface area contributed by atoms with E-state index in [9.17, 15) is 15.0 Å². The number of aromatic hydroxyl groups is 1. The quantitative estimate of drug-likeness (QED) is 0.545. The molecule has 0 spiro atoms. The molecule has 2 heterocycles. The number of aliphatic hydroxyl groups excluding tert-OH is 1. The molecule has 33 heavy (non-hydrogen) atoms. The number of halogens is 2. The standard InChI is InChI=1S/C23H29N5O3.2ClH/c1-3-22(17(2)29)28-23(31)27(16-24-28)20-6-4-18(5-7-20)25-12-14-26(15-13-25)19-8-10-21(30)11-9-19;;/h4-11,16-17,22,29-30H,3,12-15H2,1-2H3;2*1H/t17-,22-;;/m0../s1. The highest BCUT2D eigenvalue weighted by atomic mass is 35.5. The van der Waals surface area contributed by atoms with Crippen molar-refractivity contribution >= 4 is 36.2 Å². The van der Waals surface area contributed by atoms with Gasteiger partial charge in [-0.2, -0.15) is 5.10 Å². The number of piperazine rings is 1. The third-order valence-electron chi connectivity index (χ3n) is 5.97. The summed E-state index contributed by atoms with van der Waals surface area (Å²) in [6.07, 6.45) is 1.50. The van der Waals surface area contributed by atoms with Gasteiger partial charge in [-0.3, -0.25) is 0 Å². The van der Waals surface area contributed by atoms with Crippen LogP contribution < -0.4 is 15.5 Å². The van der Waals surface area contributed by atoms with E-state index in [1.807, 2.05) is 43.3 Å². The average molecular weight is 496 g/mol. The van der Waals surface area contributed by atoms with Crippen molar-refractivity contribution in [1.29, 1.82) is 0 Å². The summed E-state index contributed by atoms with van der Waals surface area (Å²) in [6, 6.07) is 14.9. The molecule has 2 aromatic carbocycles. The molecule has 2 atom stereocenters. The number of hydrogen-bond donors (Lipinski definition) is 2. The van der Waals surface area contributed by atoms with Crippen LogP contribution in [0.4, 0.5) is 11.4 Å². The zero-order chi connectivity index (χ0) is 22.0. The first-order valence-electron chi connectivity index (χ1n) is 10.7. The molecule has 180 valence electrons. The Kier molecular flexibility index (Phi) is 9.22. The number of nitrogens with zero attached hydrogens (tertiary/aromatic N) is 5. The van der Waals surface area contributed by atoms with Crippen molar-refractivity contribution in [2.75, 3.05) is 36.0 Å². The van der Waals surface area contributed by atoms with Crippen molar-refractivity contribution in [3.8, 4) is 11.4 Å². The molecule has 0 radical (unpaired) electrons. The maximum absolute atomic E-state index is 12.8. The van der Waals surface area contributed by atoms with E-state index in [1.54, 1.807) is 19.1 Å². The lowest BCUT2D eigenvalue weighted by Gasteiger charge is -2.37. The summed E-state index contributed by atoms with van der Waals surface area (Å²) < 4.78 is 2.87. The van der Waals surface area contributed by atoms with Gasteiger partial charge in [0.2, 0.25) is 0 Å². The SMILES string of the molecule is CC[C@@H]([C@H](C)O)n1ncn(-c2ccc(N3CCN(c4ccc(O)cc4)CC3)cc2)c1=O.Cl.Cl. The van der Waals surface area contributed by atoms with Crippen LogP contribution in [-0.2, 0) is 0 Å². The number of benzene rings is 2. The molecule has 3 aromatic rings. The summed E-state index contributed by atoms with van der Waals surface area (Å²) >= 11 is 0. The first kappa shape index (κ1) is 26.6. The van der Waals surface area contributed by atoms with E-state index in [-0.39, 0.29) is 42.3 Å². The van der Waals surface area contributed by atoms with Crippen molar-refractivity contribution in [1.82, 2.24) is 14.3 Å². The lowest BCUT2D eigenvalue weighted by molar-refractivity contribution is 0.118. The fourth-order valence-corrected chi connectivity index (χ4v) is 4.15. The Balaban J connectivity index is 0.00000193. The van der Waals surface area contributed by atoms with Crippen LogP contribution in [0.5, 0.6) is 5.75 Å². The van der Waals surface area contributed by atoms with Gasteiger partial charge in [-0.25, -0.2) is 14.0 Å². The first-order valence-corrected chi connectivity index (χ1v) is 10.7. The van der Waals surface area contributed by atoms with Gasteiger partial charge in [-0.05, 0) is 61.9 Å². The van der Waals surface area contributed by atoms with E-state index >= 15 is 0 Å². The first-order chi connectivity index (χ1) is 15.0. The molecule has 0 amide bonds. The van der Waals surface area contributed by atoms with Crippen LogP contribution >= 0.6 is 24.8 Å². The van der Waals surface area contributed by atoms with Gasteiger partial charge in [0, 0.05) is 37.6 Å². The van der Waals surface area contributed by atoms with E-state index in [4.69, 9.17) is 0 Å². The Morgan fingerprint density at radius 3 is 1.79 bits per heavy atom. The molecule has 1 fully saturated rings. The lowest BCUT2D eigenvalue weighted by atomic mass is 10.1. The molecular formula is C23H31Cl2N5O3. The predicted molar refractivity (Wildman–Crippen MR) is 136 cm³/mol. The summed E-state index contributed by atoms with van der Waals surface area (Å²) in [7, 11) is 0. The zero-order valence-corrected chi connectivity index (χ0v) is 20.4. The Morgan fingerprint density at radius 2 is 1.33 bits per heavy atom. The van der Waals surface area contributed by atoms with Crippen LogP contribution in [0, 0.1) is 0 Å². The molecule has 4 rings (SSSR count). The number of hydrogen-bond acceptors (Lipinski definition) is 6. The van der Waals surface area contributed by atoms with Gasteiger partial charge in [0.25, 0.3) is 0 Å². The van der Waals surface area contributed by atoms with Crippen LogP contribution in [-0.4, -0.2) is 56.8 Å². The van der Waals surface area contributed by atoms with Gasteiger partial charge in [-0.1, -0.05) is 6.92 Å². The highest BCUT2D eigenvalue weighted by molar-refractivity contribution is 5.85. The molecule has 0 unspecified atom stereocenters. The molecule has 1 aromatic heterocycles. The minimum absolute atomic E-state index is 0. The lowest BCUT2D eigenvalue weighted by Crippen LogP contribution is -2.46. The normalized spacial score (nSPS) is 15.4. The van der Waals surface area contributed by atoms with Gasteiger partial charge in [-0.15, -0.1) is 24.8 Å². The molecule has 2 N–H and O–H groups in total. The van der Waals surface area contributed by atoms with Crippen molar-refractivity contribution in [3.63, 3.8) is 0 Å². The maximum atomic E-state index is 12.8. The second-order valence-electron chi connectivity index (χ2n) is 7.95. The van der Waals surface area contributed by atoms with Gasteiger partial charge < -0.3 is 20.0 Å². The average Bonchev–Trinajstić information content (AvgIpc) is 3.16. The number of phenols is 1. The summed E-state index contributed by atoms with van der Waals surface area (Å²) in [5, 5.41) is 23.6. The van der Waals surface area contributed by atoms with E-state index in [2.05, 4.69) is 14.9 Å². The van der Waals surface area contributed by atoms with Gasteiger partial charge in [0.1, 0.15) is 12.1 Å². The Bertz CT molecular complexity index is 1060. The van der Waals surface area contributed by atoms with Gasteiger partial charge >= 0.3 is 5.69 Å². The summed E-state index contributed by atoms with van der Waals surface area (Å²) in [4.78, 5) is 17.4. The fraction of sp³-hybridized carbons (Fsp3) is 0.391. The largest absolute Gasteiger partial charge is 0.508 e. The minimum Gasteiger partial charge on any atom is -0.508 e. The van der Waals surface area contributed by atoms with Crippen LogP contribution in [0.1, 0.15) is 26.3 Å². The zero-order valence-electron chi connectivity index (χ0n) is 18.7. The van der Waals surface area contributed by atoms with Crippen LogP contribution in [0.25, 0.3) is 5.69 Å². The third kappa shape index (κ3) is 5.63. The topological polar surface area (TPSA) is 86.8 Å². The van der Waals surface area contributed by atoms with Crippen LogP contribution in [0.2, 0.25) is 0 Å². The Morgan fingerprint density at radius 1 is 0.879 bits per heavy atom. The number of aliphatic hydroxyl groups is 1. The van der Waals surface area contributed by atoms with E-state index < -0.39 is 6.10 Å². The molecule has 1 aliphatic heterocycles. The van der Waals surface area contributed by atoms with Crippen molar-refractivity contribution in [3.05, 3.63) is 65.3 Å². The second-order valence-corrected chi connectivity index (χ2v) is 7.95. The molecule has 1 aliphatic rings. The van der Waals surface area contributed by atoms with Crippen LogP contribution in [0.15, 0.2) is 59.7 Å². The molecule has 0 aliphatic carbocycles. The maximum Gasteiger partial charge on any atom is 0.350 e. The van der Waals surface area contributed by atoms with Crippen molar-refractivity contribution in [2.24, 2.45) is 0 Å². The van der Waals surface area contributed by atoms with E-state index in [1.165, 1.54) is 15.6 Å². The molecule has 8 nitrogen and oxygen atoms in total. The number of rotatable bonds is 6. The van der Waals surface area contributed by atoms with Crippen molar-refractivity contribution in [2.45, 2.75) is 32.4 Å². The highest BCUT2D eigenvalue weighted by Crippen LogP contribution is 2.23. The third-order valence-corrected chi connectivity index (χ3v) is 5.97. The summed E-state index contributed by atoms with van der Waals surface area (Å²) in [6.45, 7) is 7.19. The molecule has 1 saturated heterocycles. The number of phenolic OH excluding ortho intramolecular Hbond substituents is 1. The summed E-state index contributed by atoms with van der Waals surface area (Å²) in [5.74, 6) is 0.281. The molecular weight excluding hydrogens is 465 g/mol. The predicted octanol–water partition coefficient (Wildman–Crippen LogP) is 3.24.